The Morgan fingerprint density at radius 3 is 2.77 bits per heavy atom. The summed E-state index contributed by atoms with van der Waals surface area (Å²) in [6, 6.07) is 5.65. The van der Waals surface area contributed by atoms with Crippen molar-refractivity contribution in [1.29, 1.82) is 0 Å². The number of nitrogens with zero attached hydrogens (tertiary/aromatic N) is 4. The summed E-state index contributed by atoms with van der Waals surface area (Å²) in [7, 11) is 1.60. The summed E-state index contributed by atoms with van der Waals surface area (Å²) in [6.07, 6.45) is 3.77. The number of pyridine rings is 2. The maximum atomic E-state index is 12.4. The SMILES string of the molecule is COc1cnc2ccc(=O)n(CCN3CCC(NCc4nc(Cl)c(Cl)s4)CC3)c2c1. The molecule has 1 saturated heterocycles. The number of methoxy groups -OCH3 is 1. The summed E-state index contributed by atoms with van der Waals surface area (Å²) in [5.41, 5.74) is 1.58. The minimum absolute atomic E-state index is 0.0186. The van der Waals surface area contributed by atoms with Crippen molar-refractivity contribution < 1.29 is 4.74 Å². The number of thiazole rings is 1. The molecule has 0 unspecified atom stereocenters. The molecule has 0 aliphatic carbocycles. The van der Waals surface area contributed by atoms with Gasteiger partial charge in [-0.2, -0.15) is 0 Å². The van der Waals surface area contributed by atoms with Gasteiger partial charge >= 0.3 is 0 Å². The number of piperidine rings is 1. The topological polar surface area (TPSA) is 72.3 Å². The molecule has 1 aliphatic rings. The zero-order chi connectivity index (χ0) is 21.1. The average molecular weight is 468 g/mol. The van der Waals surface area contributed by atoms with Crippen LogP contribution >= 0.6 is 34.5 Å². The van der Waals surface area contributed by atoms with Crippen LogP contribution in [0.4, 0.5) is 0 Å². The molecule has 4 rings (SSSR count). The first-order valence-electron chi connectivity index (χ1n) is 9.83. The lowest BCUT2D eigenvalue weighted by Gasteiger charge is -2.32. The summed E-state index contributed by atoms with van der Waals surface area (Å²) in [5, 5.41) is 4.83. The van der Waals surface area contributed by atoms with Gasteiger partial charge in [0.05, 0.1) is 24.3 Å². The minimum Gasteiger partial charge on any atom is -0.495 e. The Morgan fingerprint density at radius 1 is 1.27 bits per heavy atom. The summed E-state index contributed by atoms with van der Waals surface area (Å²) in [6.45, 7) is 4.10. The Labute approximate surface area is 188 Å². The molecule has 1 aliphatic heterocycles. The van der Waals surface area contributed by atoms with Crippen LogP contribution in [0.2, 0.25) is 9.49 Å². The number of nitrogens with one attached hydrogen (secondary N) is 1. The van der Waals surface area contributed by atoms with Gasteiger partial charge in [0, 0.05) is 37.8 Å². The second-order valence-corrected chi connectivity index (χ2v) is 9.32. The first-order valence-corrected chi connectivity index (χ1v) is 11.4. The van der Waals surface area contributed by atoms with Gasteiger partial charge in [-0.15, -0.1) is 11.3 Å². The van der Waals surface area contributed by atoms with Crippen molar-refractivity contribution in [1.82, 2.24) is 24.8 Å². The van der Waals surface area contributed by atoms with Gasteiger partial charge in [0.25, 0.3) is 5.56 Å². The number of rotatable bonds is 7. The molecule has 0 bridgehead atoms. The van der Waals surface area contributed by atoms with Crippen LogP contribution in [0.25, 0.3) is 11.0 Å². The fourth-order valence-electron chi connectivity index (χ4n) is 3.72. The highest BCUT2D eigenvalue weighted by Gasteiger charge is 2.19. The maximum Gasteiger partial charge on any atom is 0.251 e. The first-order chi connectivity index (χ1) is 14.5. The molecule has 1 fully saturated rings. The van der Waals surface area contributed by atoms with Crippen molar-refractivity contribution in [2.75, 3.05) is 26.7 Å². The molecule has 0 saturated carbocycles. The smallest absolute Gasteiger partial charge is 0.251 e. The molecule has 1 N–H and O–H groups in total. The Hall–Kier alpha value is -1.71. The van der Waals surface area contributed by atoms with Crippen molar-refractivity contribution >= 4 is 45.6 Å². The van der Waals surface area contributed by atoms with E-state index in [1.165, 1.54) is 11.3 Å². The molecule has 0 amide bonds. The van der Waals surface area contributed by atoms with E-state index in [0.717, 1.165) is 48.5 Å². The van der Waals surface area contributed by atoms with E-state index in [2.05, 4.69) is 20.2 Å². The van der Waals surface area contributed by atoms with Crippen LogP contribution in [-0.2, 0) is 13.1 Å². The van der Waals surface area contributed by atoms with Crippen LogP contribution in [0.15, 0.2) is 29.2 Å². The number of hydrogen-bond donors (Lipinski definition) is 1. The standard InChI is InChI=1S/C20H23Cl2N5O2S/c1-29-14-10-16-15(24-11-14)2-3-18(28)27(16)9-8-26-6-4-13(5-7-26)23-12-17-25-19(21)20(22)30-17/h2-3,10-11,13,23H,4-9,12H2,1H3. The molecule has 4 heterocycles. The van der Waals surface area contributed by atoms with Crippen LogP contribution in [0, 0.1) is 0 Å². The highest BCUT2D eigenvalue weighted by molar-refractivity contribution is 7.16. The van der Waals surface area contributed by atoms with Gasteiger partial charge in [-0.1, -0.05) is 23.2 Å². The third-order valence-corrected chi connectivity index (χ3v) is 7.15. The second-order valence-electron chi connectivity index (χ2n) is 7.27. The zero-order valence-corrected chi connectivity index (χ0v) is 18.9. The lowest BCUT2D eigenvalue weighted by atomic mass is 10.1. The molecular formula is C20H23Cl2N5O2S. The van der Waals surface area contributed by atoms with Crippen molar-refractivity contribution in [2.45, 2.75) is 32.0 Å². The lowest BCUT2D eigenvalue weighted by Crippen LogP contribution is -2.43. The molecule has 10 heteroatoms. The predicted octanol–water partition coefficient (Wildman–Crippen LogP) is 3.42. The molecule has 0 spiro atoms. The summed E-state index contributed by atoms with van der Waals surface area (Å²) >= 11 is 13.3. The Bertz CT molecular complexity index is 1060. The summed E-state index contributed by atoms with van der Waals surface area (Å²) in [4.78, 5) is 23.5. The number of hydrogen-bond acceptors (Lipinski definition) is 7. The van der Waals surface area contributed by atoms with Gasteiger partial charge in [0.1, 0.15) is 15.1 Å². The Kier molecular flexibility index (Phi) is 6.90. The van der Waals surface area contributed by atoms with Crippen molar-refractivity contribution in [3.05, 3.63) is 49.2 Å². The van der Waals surface area contributed by atoms with Crippen LogP contribution in [0.1, 0.15) is 17.8 Å². The van der Waals surface area contributed by atoms with Gasteiger partial charge in [-0.05, 0) is 32.0 Å². The molecular weight excluding hydrogens is 445 g/mol. The summed E-state index contributed by atoms with van der Waals surface area (Å²) in [5.74, 6) is 0.650. The normalized spacial score (nSPS) is 15.7. The van der Waals surface area contributed by atoms with E-state index in [9.17, 15) is 4.79 Å². The van der Waals surface area contributed by atoms with Gasteiger partial charge < -0.3 is 19.5 Å². The van der Waals surface area contributed by atoms with Crippen LogP contribution < -0.4 is 15.6 Å². The zero-order valence-electron chi connectivity index (χ0n) is 16.6. The first kappa shape index (κ1) is 21.5. The Balaban J connectivity index is 1.31. The predicted molar refractivity (Wildman–Crippen MR) is 121 cm³/mol. The lowest BCUT2D eigenvalue weighted by molar-refractivity contribution is 0.191. The number of halogens is 2. The van der Waals surface area contributed by atoms with E-state index >= 15 is 0 Å². The molecule has 0 atom stereocenters. The van der Waals surface area contributed by atoms with E-state index in [0.29, 0.717) is 34.4 Å². The van der Waals surface area contributed by atoms with Crippen molar-refractivity contribution in [3.63, 3.8) is 0 Å². The van der Waals surface area contributed by atoms with Crippen molar-refractivity contribution in [2.24, 2.45) is 0 Å². The van der Waals surface area contributed by atoms with E-state index in [4.69, 9.17) is 27.9 Å². The van der Waals surface area contributed by atoms with E-state index in [-0.39, 0.29) is 5.56 Å². The number of likely N-dealkylation sites (tertiary alicyclic amines) is 1. The number of ether oxygens (including phenoxy) is 1. The molecule has 3 aromatic heterocycles. The van der Waals surface area contributed by atoms with Crippen molar-refractivity contribution in [3.8, 4) is 5.75 Å². The third-order valence-electron chi connectivity index (χ3n) is 5.41. The third kappa shape index (κ3) is 4.95. The largest absolute Gasteiger partial charge is 0.495 e. The highest BCUT2D eigenvalue weighted by atomic mass is 35.5. The second kappa shape index (κ2) is 9.62. The Morgan fingerprint density at radius 2 is 2.07 bits per heavy atom. The summed E-state index contributed by atoms with van der Waals surface area (Å²) < 4.78 is 7.60. The molecule has 0 aromatic carbocycles. The maximum absolute atomic E-state index is 12.4. The van der Waals surface area contributed by atoms with Gasteiger partial charge in [0.15, 0.2) is 5.15 Å². The van der Waals surface area contributed by atoms with E-state index < -0.39 is 0 Å². The fourth-order valence-corrected chi connectivity index (χ4v) is 4.93. The quantitative estimate of drug-likeness (QED) is 0.573. The van der Waals surface area contributed by atoms with Gasteiger partial charge in [-0.25, -0.2) is 4.98 Å². The van der Waals surface area contributed by atoms with E-state index in [1.54, 1.807) is 30.0 Å². The molecule has 7 nitrogen and oxygen atoms in total. The van der Waals surface area contributed by atoms with Crippen LogP contribution in [-0.4, -0.2) is 52.2 Å². The minimum atomic E-state index is -0.0186. The molecule has 3 aromatic rings. The highest BCUT2D eigenvalue weighted by Crippen LogP contribution is 2.28. The van der Waals surface area contributed by atoms with Gasteiger partial charge in [-0.3, -0.25) is 9.78 Å². The van der Waals surface area contributed by atoms with E-state index in [1.807, 2.05) is 6.07 Å². The molecule has 30 heavy (non-hydrogen) atoms. The molecule has 160 valence electrons. The number of fused-ring (bicyclic) bond motifs is 1. The van der Waals surface area contributed by atoms with Crippen LogP contribution in [0.5, 0.6) is 5.75 Å². The van der Waals surface area contributed by atoms with Crippen LogP contribution in [0.3, 0.4) is 0 Å². The molecule has 0 radical (unpaired) electrons. The fraction of sp³-hybridized carbons (Fsp3) is 0.450. The average Bonchev–Trinajstić information content (AvgIpc) is 3.09. The monoisotopic (exact) mass is 467 g/mol. The number of aromatic nitrogens is 3. The van der Waals surface area contributed by atoms with Gasteiger partial charge in [0.2, 0.25) is 0 Å².